The molecule has 0 unspecified atom stereocenters. The summed E-state index contributed by atoms with van der Waals surface area (Å²) in [6.45, 7) is -1.30. The van der Waals surface area contributed by atoms with Gasteiger partial charge >= 0.3 is 6.18 Å². The monoisotopic (exact) mass is 286 g/mol. The number of hydrogen-bond donors (Lipinski definition) is 1. The molecule has 1 aromatic heterocycles. The van der Waals surface area contributed by atoms with Crippen molar-refractivity contribution in [2.24, 2.45) is 0 Å². The SMILES string of the molecule is COc1ccc(CO)cc1-c1cnn(CC(F)(F)F)c1. The van der Waals surface area contributed by atoms with E-state index >= 15 is 0 Å². The van der Waals surface area contributed by atoms with Crippen LogP contribution in [0.15, 0.2) is 30.6 Å². The molecular formula is C13H13F3N2O2. The third-order valence-corrected chi connectivity index (χ3v) is 2.73. The third-order valence-electron chi connectivity index (χ3n) is 2.73. The second kappa shape index (κ2) is 5.54. The van der Waals surface area contributed by atoms with Crippen LogP contribution in [0.4, 0.5) is 13.2 Å². The molecule has 0 radical (unpaired) electrons. The third kappa shape index (κ3) is 3.30. The largest absolute Gasteiger partial charge is 0.496 e. The molecule has 20 heavy (non-hydrogen) atoms. The highest BCUT2D eigenvalue weighted by Crippen LogP contribution is 2.31. The lowest BCUT2D eigenvalue weighted by atomic mass is 10.1. The van der Waals surface area contributed by atoms with Crippen molar-refractivity contribution >= 4 is 0 Å². The zero-order valence-corrected chi connectivity index (χ0v) is 10.7. The van der Waals surface area contributed by atoms with Crippen molar-refractivity contribution in [2.75, 3.05) is 7.11 Å². The predicted octanol–water partition coefficient (Wildman–Crippen LogP) is 2.61. The second-order valence-corrected chi connectivity index (χ2v) is 4.23. The zero-order valence-electron chi connectivity index (χ0n) is 10.7. The van der Waals surface area contributed by atoms with E-state index in [1.54, 1.807) is 18.2 Å². The van der Waals surface area contributed by atoms with E-state index in [2.05, 4.69) is 5.10 Å². The van der Waals surface area contributed by atoms with Crippen LogP contribution in [0, 0.1) is 0 Å². The van der Waals surface area contributed by atoms with Gasteiger partial charge in [-0.2, -0.15) is 18.3 Å². The summed E-state index contributed by atoms with van der Waals surface area (Å²) in [6, 6.07) is 5.00. The number of aliphatic hydroxyl groups is 1. The lowest BCUT2D eigenvalue weighted by Crippen LogP contribution is -2.17. The van der Waals surface area contributed by atoms with Gasteiger partial charge in [-0.15, -0.1) is 0 Å². The number of methoxy groups -OCH3 is 1. The van der Waals surface area contributed by atoms with E-state index in [0.717, 1.165) is 4.68 Å². The Morgan fingerprint density at radius 1 is 1.35 bits per heavy atom. The van der Waals surface area contributed by atoms with Crippen LogP contribution in [0.3, 0.4) is 0 Å². The van der Waals surface area contributed by atoms with E-state index in [1.165, 1.54) is 19.5 Å². The summed E-state index contributed by atoms with van der Waals surface area (Å²) in [5, 5.41) is 12.8. The first-order valence-electron chi connectivity index (χ1n) is 5.80. The molecule has 0 saturated heterocycles. The molecule has 1 heterocycles. The Morgan fingerprint density at radius 2 is 2.10 bits per heavy atom. The molecule has 0 aliphatic carbocycles. The number of rotatable bonds is 4. The summed E-state index contributed by atoms with van der Waals surface area (Å²) in [7, 11) is 1.47. The minimum atomic E-state index is -4.32. The average molecular weight is 286 g/mol. The zero-order chi connectivity index (χ0) is 14.8. The van der Waals surface area contributed by atoms with Gasteiger partial charge in [0.1, 0.15) is 12.3 Å². The molecule has 2 rings (SSSR count). The van der Waals surface area contributed by atoms with Gasteiger partial charge < -0.3 is 9.84 Å². The number of ether oxygens (including phenoxy) is 1. The van der Waals surface area contributed by atoms with E-state index in [4.69, 9.17) is 9.84 Å². The molecule has 0 aliphatic heterocycles. The van der Waals surface area contributed by atoms with Gasteiger partial charge in [0, 0.05) is 17.3 Å². The standard InChI is InChI=1S/C13H13F3N2O2/c1-20-12-3-2-9(7-19)4-11(12)10-5-17-18(6-10)8-13(14,15)16/h2-6,19H,7-8H2,1H3. The number of halogens is 3. The fourth-order valence-electron chi connectivity index (χ4n) is 1.85. The Morgan fingerprint density at radius 3 is 2.70 bits per heavy atom. The molecule has 7 heteroatoms. The first kappa shape index (κ1) is 14.4. The van der Waals surface area contributed by atoms with Crippen molar-refractivity contribution < 1.29 is 23.0 Å². The van der Waals surface area contributed by atoms with Crippen LogP contribution in [0.25, 0.3) is 11.1 Å². The molecule has 0 atom stereocenters. The van der Waals surface area contributed by atoms with Gasteiger partial charge in [-0.1, -0.05) is 6.07 Å². The van der Waals surface area contributed by atoms with E-state index < -0.39 is 12.7 Å². The van der Waals surface area contributed by atoms with Crippen LogP contribution in [-0.4, -0.2) is 28.2 Å². The molecule has 0 spiro atoms. The number of nitrogens with zero attached hydrogens (tertiary/aromatic N) is 2. The van der Waals surface area contributed by atoms with Crippen molar-refractivity contribution in [3.63, 3.8) is 0 Å². The number of benzene rings is 1. The van der Waals surface area contributed by atoms with Crippen molar-refractivity contribution in [1.29, 1.82) is 0 Å². The Labute approximate surface area is 113 Å². The lowest BCUT2D eigenvalue weighted by molar-refractivity contribution is -0.142. The van der Waals surface area contributed by atoms with Gasteiger partial charge in [-0.25, -0.2) is 0 Å². The molecule has 0 fully saturated rings. The first-order valence-corrected chi connectivity index (χ1v) is 5.80. The van der Waals surface area contributed by atoms with E-state index in [9.17, 15) is 13.2 Å². The topological polar surface area (TPSA) is 47.3 Å². The van der Waals surface area contributed by atoms with E-state index in [0.29, 0.717) is 22.4 Å². The number of alkyl halides is 3. The summed E-state index contributed by atoms with van der Waals surface area (Å²) in [4.78, 5) is 0. The van der Waals surface area contributed by atoms with E-state index in [1.807, 2.05) is 0 Å². The highest BCUT2D eigenvalue weighted by Gasteiger charge is 2.28. The fourth-order valence-corrected chi connectivity index (χ4v) is 1.85. The molecule has 108 valence electrons. The molecule has 1 N–H and O–H groups in total. The highest BCUT2D eigenvalue weighted by molar-refractivity contribution is 5.70. The highest BCUT2D eigenvalue weighted by atomic mass is 19.4. The van der Waals surface area contributed by atoms with Crippen molar-refractivity contribution in [1.82, 2.24) is 9.78 Å². The molecule has 2 aromatic rings. The van der Waals surface area contributed by atoms with Crippen molar-refractivity contribution in [2.45, 2.75) is 19.3 Å². The lowest BCUT2D eigenvalue weighted by Gasteiger charge is -2.08. The molecule has 0 saturated carbocycles. The normalized spacial score (nSPS) is 11.7. The predicted molar refractivity (Wildman–Crippen MR) is 66.2 cm³/mol. The van der Waals surface area contributed by atoms with Crippen molar-refractivity contribution in [3.8, 4) is 16.9 Å². The van der Waals surface area contributed by atoms with Crippen LogP contribution in [0.2, 0.25) is 0 Å². The second-order valence-electron chi connectivity index (χ2n) is 4.23. The van der Waals surface area contributed by atoms with Gasteiger partial charge in [-0.05, 0) is 17.7 Å². The van der Waals surface area contributed by atoms with Gasteiger partial charge in [0.25, 0.3) is 0 Å². The molecule has 4 nitrogen and oxygen atoms in total. The van der Waals surface area contributed by atoms with Crippen LogP contribution < -0.4 is 4.74 Å². The summed E-state index contributed by atoms with van der Waals surface area (Å²) in [5.41, 5.74) is 1.73. The number of aromatic nitrogens is 2. The fraction of sp³-hybridized carbons (Fsp3) is 0.308. The van der Waals surface area contributed by atoms with E-state index in [-0.39, 0.29) is 6.61 Å². The maximum Gasteiger partial charge on any atom is 0.408 e. The summed E-state index contributed by atoms with van der Waals surface area (Å²) in [5.74, 6) is 0.508. The molecular weight excluding hydrogens is 273 g/mol. The Bertz CT molecular complexity index is 594. The van der Waals surface area contributed by atoms with Gasteiger partial charge in [0.15, 0.2) is 0 Å². The number of hydrogen-bond acceptors (Lipinski definition) is 3. The molecule has 0 amide bonds. The maximum atomic E-state index is 12.3. The van der Waals surface area contributed by atoms with Crippen molar-refractivity contribution in [3.05, 3.63) is 36.2 Å². The van der Waals surface area contributed by atoms with Gasteiger partial charge in [-0.3, -0.25) is 4.68 Å². The minimum absolute atomic E-state index is 0.159. The summed E-state index contributed by atoms with van der Waals surface area (Å²) >= 11 is 0. The molecule has 1 aromatic carbocycles. The van der Waals surface area contributed by atoms with Crippen LogP contribution in [0.5, 0.6) is 5.75 Å². The smallest absolute Gasteiger partial charge is 0.408 e. The average Bonchev–Trinajstić information content (AvgIpc) is 2.84. The van der Waals surface area contributed by atoms with Crippen LogP contribution in [-0.2, 0) is 13.2 Å². The number of aliphatic hydroxyl groups excluding tert-OH is 1. The maximum absolute atomic E-state index is 12.3. The molecule has 0 aliphatic rings. The quantitative estimate of drug-likeness (QED) is 0.939. The molecule has 0 bridgehead atoms. The first-order chi connectivity index (χ1) is 9.43. The Balaban J connectivity index is 2.36. The minimum Gasteiger partial charge on any atom is -0.496 e. The Kier molecular flexibility index (Phi) is 3.99. The van der Waals surface area contributed by atoms with Gasteiger partial charge in [0.2, 0.25) is 0 Å². The summed E-state index contributed by atoms with van der Waals surface area (Å²) < 4.78 is 42.9. The van der Waals surface area contributed by atoms with Crippen LogP contribution >= 0.6 is 0 Å². The van der Waals surface area contributed by atoms with Crippen LogP contribution in [0.1, 0.15) is 5.56 Å². The Hall–Kier alpha value is -2.02. The summed E-state index contributed by atoms with van der Waals surface area (Å²) in [6.07, 6.45) is -1.68. The van der Waals surface area contributed by atoms with Gasteiger partial charge in [0.05, 0.1) is 19.9 Å².